The van der Waals surface area contributed by atoms with Crippen LogP contribution < -0.4 is 14.8 Å². The third kappa shape index (κ3) is 2.64. The number of nitrogens with zero attached hydrogens (tertiary/aromatic N) is 1. The lowest BCUT2D eigenvalue weighted by atomic mass is 10.0. The molecule has 0 unspecified atom stereocenters. The lowest BCUT2D eigenvalue weighted by Gasteiger charge is -2.10. The maximum absolute atomic E-state index is 13.8. The number of anilines is 1. The van der Waals surface area contributed by atoms with Crippen molar-refractivity contribution >= 4 is 17.3 Å². The first-order valence-corrected chi connectivity index (χ1v) is 7.39. The number of hydrogen-bond acceptors (Lipinski definition) is 5. The number of rotatable bonds is 3. The van der Waals surface area contributed by atoms with E-state index >= 15 is 0 Å². The van der Waals surface area contributed by atoms with E-state index in [0.717, 1.165) is 0 Å². The Morgan fingerprint density at radius 3 is 2.88 bits per heavy atom. The van der Waals surface area contributed by atoms with E-state index in [2.05, 4.69) is 10.5 Å². The molecule has 0 saturated heterocycles. The maximum atomic E-state index is 13.8. The number of benzene rings is 2. The molecule has 0 radical (unpaired) electrons. The molecule has 2 heterocycles. The maximum Gasteiger partial charge on any atom is 0.268 e. The highest BCUT2D eigenvalue weighted by atomic mass is 19.1. The number of nitrogens with one attached hydrogen (secondary N) is 1. The zero-order valence-electron chi connectivity index (χ0n) is 12.5. The molecule has 122 valence electrons. The molecule has 6 nitrogen and oxygen atoms in total. The van der Waals surface area contributed by atoms with Crippen LogP contribution in [-0.2, 0) is 9.63 Å². The Hall–Kier alpha value is -3.09. The van der Waals surface area contributed by atoms with Gasteiger partial charge in [0.25, 0.3) is 5.91 Å². The van der Waals surface area contributed by atoms with Crippen molar-refractivity contribution < 1.29 is 23.5 Å². The van der Waals surface area contributed by atoms with E-state index in [4.69, 9.17) is 14.3 Å². The summed E-state index contributed by atoms with van der Waals surface area (Å²) in [5.41, 5.74) is 1.32. The number of fused-ring (bicyclic) bond motifs is 1. The number of oxime groups is 1. The minimum atomic E-state index is -0.801. The van der Waals surface area contributed by atoms with Crippen LogP contribution in [0.15, 0.2) is 47.6 Å². The van der Waals surface area contributed by atoms with Crippen LogP contribution in [0.2, 0.25) is 0 Å². The summed E-state index contributed by atoms with van der Waals surface area (Å²) in [6.45, 7) is 0.165. The standard InChI is InChI=1S/C17H13FN2O4/c18-12-4-2-1-3-11(12)13-8-16(24-20-13)17(21)19-10-5-6-14-15(7-10)23-9-22-14/h1-7,16H,8-9H2,(H,19,21)/t16-/m0/s1. The van der Waals surface area contributed by atoms with Crippen molar-refractivity contribution in [3.63, 3.8) is 0 Å². The summed E-state index contributed by atoms with van der Waals surface area (Å²) in [5, 5.41) is 6.57. The lowest BCUT2D eigenvalue weighted by molar-refractivity contribution is -0.125. The fraction of sp³-hybridized carbons (Fsp3) is 0.176. The quantitative estimate of drug-likeness (QED) is 0.940. The Labute approximate surface area is 136 Å². The van der Waals surface area contributed by atoms with E-state index in [1.54, 1.807) is 36.4 Å². The number of carbonyl (C=O) groups is 1. The minimum absolute atomic E-state index is 0.165. The zero-order valence-corrected chi connectivity index (χ0v) is 12.5. The van der Waals surface area contributed by atoms with Crippen molar-refractivity contribution in [2.75, 3.05) is 12.1 Å². The first-order chi connectivity index (χ1) is 11.7. The number of carbonyl (C=O) groups excluding carboxylic acids is 1. The molecule has 1 atom stereocenters. The molecule has 0 bridgehead atoms. The molecule has 0 spiro atoms. The third-order valence-electron chi connectivity index (χ3n) is 3.79. The van der Waals surface area contributed by atoms with Gasteiger partial charge in [0.05, 0.1) is 5.71 Å². The topological polar surface area (TPSA) is 69.2 Å². The average Bonchev–Trinajstić information content (AvgIpc) is 3.24. The predicted octanol–water partition coefficient (Wildman–Crippen LogP) is 2.69. The predicted molar refractivity (Wildman–Crippen MR) is 83.6 cm³/mol. The van der Waals surface area contributed by atoms with Crippen molar-refractivity contribution in [1.82, 2.24) is 0 Å². The first kappa shape index (κ1) is 14.5. The van der Waals surface area contributed by atoms with E-state index in [0.29, 0.717) is 28.5 Å². The molecule has 2 aliphatic rings. The minimum Gasteiger partial charge on any atom is -0.454 e. The Morgan fingerprint density at radius 1 is 1.17 bits per heavy atom. The summed E-state index contributed by atoms with van der Waals surface area (Å²) >= 11 is 0. The SMILES string of the molecule is O=C(Nc1ccc2c(c1)OCO2)[C@@H]1CC(c2ccccc2F)=NO1. The number of halogens is 1. The molecule has 2 aromatic rings. The monoisotopic (exact) mass is 328 g/mol. The zero-order chi connectivity index (χ0) is 16.5. The van der Waals surface area contributed by atoms with Gasteiger partial charge in [0.2, 0.25) is 12.9 Å². The van der Waals surface area contributed by atoms with Gasteiger partial charge in [-0.25, -0.2) is 4.39 Å². The highest BCUT2D eigenvalue weighted by Crippen LogP contribution is 2.34. The molecular formula is C17H13FN2O4. The van der Waals surface area contributed by atoms with E-state index in [9.17, 15) is 9.18 Å². The molecule has 0 aliphatic carbocycles. The fourth-order valence-electron chi connectivity index (χ4n) is 2.57. The van der Waals surface area contributed by atoms with E-state index in [1.165, 1.54) is 6.07 Å². The average molecular weight is 328 g/mol. The van der Waals surface area contributed by atoms with Gasteiger partial charge in [0.1, 0.15) is 5.82 Å². The van der Waals surface area contributed by atoms with Gasteiger partial charge in [0.15, 0.2) is 11.5 Å². The van der Waals surface area contributed by atoms with Crippen LogP contribution in [0.4, 0.5) is 10.1 Å². The molecule has 7 heteroatoms. The molecule has 24 heavy (non-hydrogen) atoms. The van der Waals surface area contributed by atoms with E-state index < -0.39 is 11.9 Å². The van der Waals surface area contributed by atoms with Crippen LogP contribution in [0.5, 0.6) is 11.5 Å². The summed E-state index contributed by atoms with van der Waals surface area (Å²) < 4.78 is 24.3. The highest BCUT2D eigenvalue weighted by molar-refractivity contribution is 6.06. The molecular weight excluding hydrogens is 315 g/mol. The van der Waals surface area contributed by atoms with Gasteiger partial charge in [-0.15, -0.1) is 0 Å². The van der Waals surface area contributed by atoms with Crippen LogP contribution >= 0.6 is 0 Å². The van der Waals surface area contributed by atoms with Gasteiger partial charge in [-0.05, 0) is 18.2 Å². The van der Waals surface area contributed by atoms with Gasteiger partial charge >= 0.3 is 0 Å². The number of hydrogen-bond donors (Lipinski definition) is 1. The normalized spacial score (nSPS) is 18.0. The first-order valence-electron chi connectivity index (χ1n) is 7.39. The Morgan fingerprint density at radius 2 is 2.00 bits per heavy atom. The molecule has 2 aromatic carbocycles. The fourth-order valence-corrected chi connectivity index (χ4v) is 2.57. The van der Waals surface area contributed by atoms with Crippen LogP contribution in [0.1, 0.15) is 12.0 Å². The highest BCUT2D eigenvalue weighted by Gasteiger charge is 2.30. The molecule has 0 saturated carbocycles. The summed E-state index contributed by atoms with van der Waals surface area (Å²) in [6, 6.07) is 11.4. The summed E-state index contributed by atoms with van der Waals surface area (Å²) in [5.74, 6) is 0.458. The molecule has 4 rings (SSSR count). The second kappa shape index (κ2) is 5.84. The molecule has 0 aromatic heterocycles. The Bertz CT molecular complexity index is 837. The van der Waals surface area contributed by atoms with Crippen LogP contribution in [0.25, 0.3) is 0 Å². The Kier molecular flexibility index (Phi) is 3.53. The van der Waals surface area contributed by atoms with Crippen molar-refractivity contribution in [1.29, 1.82) is 0 Å². The van der Waals surface area contributed by atoms with E-state index in [-0.39, 0.29) is 19.1 Å². The number of ether oxygens (including phenoxy) is 2. The van der Waals surface area contributed by atoms with Crippen molar-refractivity contribution in [2.24, 2.45) is 5.16 Å². The van der Waals surface area contributed by atoms with Gasteiger partial charge in [0, 0.05) is 23.7 Å². The van der Waals surface area contributed by atoms with Crippen LogP contribution in [-0.4, -0.2) is 24.5 Å². The summed E-state index contributed by atoms with van der Waals surface area (Å²) in [7, 11) is 0. The molecule has 1 N–H and O–H groups in total. The van der Waals surface area contributed by atoms with Gasteiger partial charge in [-0.1, -0.05) is 23.4 Å². The smallest absolute Gasteiger partial charge is 0.268 e. The number of amides is 1. The van der Waals surface area contributed by atoms with Crippen LogP contribution in [0, 0.1) is 5.82 Å². The largest absolute Gasteiger partial charge is 0.454 e. The van der Waals surface area contributed by atoms with Gasteiger partial charge < -0.3 is 19.6 Å². The van der Waals surface area contributed by atoms with Gasteiger partial charge in [-0.3, -0.25) is 4.79 Å². The Balaban J connectivity index is 1.43. The van der Waals surface area contributed by atoms with Crippen molar-refractivity contribution in [3.05, 3.63) is 53.8 Å². The van der Waals surface area contributed by atoms with Gasteiger partial charge in [-0.2, -0.15) is 0 Å². The summed E-state index contributed by atoms with van der Waals surface area (Å²) in [6.07, 6.45) is -0.595. The van der Waals surface area contributed by atoms with Crippen molar-refractivity contribution in [3.8, 4) is 11.5 Å². The molecule has 1 amide bonds. The second-order valence-corrected chi connectivity index (χ2v) is 5.37. The van der Waals surface area contributed by atoms with Crippen molar-refractivity contribution in [2.45, 2.75) is 12.5 Å². The van der Waals surface area contributed by atoms with Crippen LogP contribution in [0.3, 0.4) is 0 Å². The third-order valence-corrected chi connectivity index (χ3v) is 3.79. The summed E-state index contributed by atoms with van der Waals surface area (Å²) in [4.78, 5) is 17.5. The van der Waals surface area contributed by atoms with E-state index in [1.807, 2.05) is 0 Å². The lowest BCUT2D eigenvalue weighted by Crippen LogP contribution is -2.28. The second-order valence-electron chi connectivity index (χ2n) is 5.37. The molecule has 2 aliphatic heterocycles. The molecule has 0 fully saturated rings.